The zero-order chi connectivity index (χ0) is 14.5. The van der Waals surface area contributed by atoms with Crippen LogP contribution in [0.25, 0.3) is 0 Å². The first-order valence-corrected chi connectivity index (χ1v) is 8.92. The van der Waals surface area contributed by atoms with Crippen LogP contribution in [-0.2, 0) is 19.3 Å². The molecule has 2 aromatic heterocycles. The highest BCUT2D eigenvalue weighted by Crippen LogP contribution is 2.34. The van der Waals surface area contributed by atoms with Crippen molar-refractivity contribution in [1.29, 1.82) is 0 Å². The van der Waals surface area contributed by atoms with E-state index in [-0.39, 0.29) is 0 Å². The summed E-state index contributed by atoms with van der Waals surface area (Å²) in [5, 5.41) is 10.1. The second kappa shape index (κ2) is 7.17. The fraction of sp³-hybridized carbons (Fsp3) is 0.375. The SMILES string of the molecule is CO[S-](=O)=Nc1nc(C)c(N=Nc2nc(SC)ns2)s1. The molecule has 0 fully saturated rings. The number of thioether (sulfide) groups is 1. The van der Waals surface area contributed by atoms with E-state index in [1.807, 2.05) is 6.26 Å². The Hall–Kier alpha value is -0.950. The van der Waals surface area contributed by atoms with Gasteiger partial charge in [0.1, 0.15) is 0 Å². The monoisotopic (exact) mass is 349 g/mol. The summed E-state index contributed by atoms with van der Waals surface area (Å²) in [6.07, 6.45) is 1.89. The molecule has 0 bridgehead atoms. The molecule has 0 aliphatic heterocycles. The molecule has 0 radical (unpaired) electrons. The van der Waals surface area contributed by atoms with Crippen LogP contribution < -0.4 is 0 Å². The summed E-state index contributed by atoms with van der Waals surface area (Å²) in [6.45, 7) is 1.77. The first-order chi connectivity index (χ1) is 9.62. The predicted molar refractivity (Wildman–Crippen MR) is 79.9 cm³/mol. The molecule has 0 aliphatic carbocycles. The van der Waals surface area contributed by atoms with Gasteiger partial charge in [0, 0.05) is 18.6 Å². The first-order valence-electron chi connectivity index (χ1n) is 5.07. The minimum absolute atomic E-state index is 0.332. The van der Waals surface area contributed by atoms with Crippen LogP contribution >= 0.6 is 34.6 Å². The van der Waals surface area contributed by atoms with Gasteiger partial charge >= 0.3 is 0 Å². The topological polar surface area (TPSA) is 102 Å². The lowest BCUT2D eigenvalue weighted by Crippen LogP contribution is -1.75. The molecule has 2 heterocycles. The molecule has 0 N–H and O–H groups in total. The third-order valence-electron chi connectivity index (χ3n) is 1.86. The summed E-state index contributed by atoms with van der Waals surface area (Å²) in [6, 6.07) is 0. The number of nitrogens with zero attached hydrogens (tertiary/aromatic N) is 6. The van der Waals surface area contributed by atoms with E-state index in [1.165, 1.54) is 41.7 Å². The van der Waals surface area contributed by atoms with Crippen LogP contribution in [0.5, 0.6) is 0 Å². The van der Waals surface area contributed by atoms with E-state index in [0.29, 0.717) is 26.1 Å². The van der Waals surface area contributed by atoms with Gasteiger partial charge in [0.15, 0.2) is 10.1 Å². The van der Waals surface area contributed by atoms with Gasteiger partial charge in [-0.05, 0) is 13.2 Å². The van der Waals surface area contributed by atoms with Crippen LogP contribution in [0.15, 0.2) is 19.7 Å². The van der Waals surface area contributed by atoms with Crippen LogP contribution in [0.3, 0.4) is 0 Å². The normalized spacial score (nSPS) is 13.3. The molecular weight excluding hydrogens is 340 g/mol. The van der Waals surface area contributed by atoms with Crippen molar-refractivity contribution >= 4 is 60.8 Å². The fourth-order valence-electron chi connectivity index (χ4n) is 1.02. The first kappa shape index (κ1) is 15.4. The Morgan fingerprint density at radius 2 is 2.10 bits per heavy atom. The highest BCUT2D eigenvalue weighted by Gasteiger charge is 2.06. The molecule has 0 aliphatic rings. The van der Waals surface area contributed by atoms with E-state index in [4.69, 9.17) is 0 Å². The molecule has 0 amide bonds. The Balaban J connectivity index is 2.19. The van der Waals surface area contributed by atoms with Gasteiger partial charge < -0.3 is 12.8 Å². The number of thiazole rings is 1. The Labute approximate surface area is 129 Å². The molecule has 12 heteroatoms. The maximum atomic E-state index is 11.1. The zero-order valence-corrected chi connectivity index (χ0v) is 13.9. The van der Waals surface area contributed by atoms with Crippen LogP contribution in [0.2, 0.25) is 0 Å². The van der Waals surface area contributed by atoms with Gasteiger partial charge in [0.05, 0.1) is 5.69 Å². The molecular formula is C8H9N6O2S4-. The molecule has 0 saturated heterocycles. The van der Waals surface area contributed by atoms with E-state index in [2.05, 4.69) is 33.1 Å². The smallest absolute Gasteiger partial charge is 0.250 e. The molecule has 2 rings (SSSR count). The summed E-state index contributed by atoms with van der Waals surface area (Å²) in [5.74, 6) is 0. The lowest BCUT2D eigenvalue weighted by molar-refractivity contribution is 0.438. The molecule has 0 atom stereocenters. The molecule has 20 heavy (non-hydrogen) atoms. The molecule has 0 spiro atoms. The van der Waals surface area contributed by atoms with Crippen molar-refractivity contribution in [2.24, 2.45) is 14.6 Å². The van der Waals surface area contributed by atoms with Gasteiger partial charge in [-0.2, -0.15) is 9.36 Å². The Morgan fingerprint density at radius 3 is 2.75 bits per heavy atom. The van der Waals surface area contributed by atoms with E-state index in [9.17, 15) is 4.21 Å². The maximum Gasteiger partial charge on any atom is 0.250 e. The molecule has 108 valence electrons. The van der Waals surface area contributed by atoms with Crippen LogP contribution in [0, 0.1) is 6.92 Å². The van der Waals surface area contributed by atoms with Crippen LogP contribution in [0.1, 0.15) is 5.69 Å². The number of aromatic nitrogens is 3. The van der Waals surface area contributed by atoms with Crippen molar-refractivity contribution in [3.8, 4) is 0 Å². The second-order valence-electron chi connectivity index (χ2n) is 3.13. The summed E-state index contributed by atoms with van der Waals surface area (Å²) < 4.78 is 23.5. The number of azo groups is 1. The molecule has 0 aromatic carbocycles. The minimum Gasteiger partial charge on any atom is -0.441 e. The van der Waals surface area contributed by atoms with Crippen molar-refractivity contribution in [2.75, 3.05) is 13.4 Å². The molecule has 0 saturated carbocycles. The quantitative estimate of drug-likeness (QED) is 0.462. The molecule has 8 nitrogen and oxygen atoms in total. The van der Waals surface area contributed by atoms with Gasteiger partial charge in [-0.25, -0.2) is 4.98 Å². The summed E-state index contributed by atoms with van der Waals surface area (Å²) in [5.41, 5.74) is 0.653. The third kappa shape index (κ3) is 4.02. The number of aryl methyl sites for hydroxylation is 1. The van der Waals surface area contributed by atoms with Gasteiger partial charge in [0.25, 0.3) is 0 Å². The lowest BCUT2D eigenvalue weighted by Gasteiger charge is -1.96. The minimum atomic E-state index is -1.73. The Kier molecular flexibility index (Phi) is 5.54. The summed E-state index contributed by atoms with van der Waals surface area (Å²) in [4.78, 5) is 8.26. The average molecular weight is 349 g/mol. The van der Waals surface area contributed by atoms with Crippen molar-refractivity contribution in [1.82, 2.24) is 14.3 Å². The number of hydrogen-bond acceptors (Lipinski definition) is 12. The Bertz CT molecular complexity index is 702. The van der Waals surface area contributed by atoms with Crippen molar-refractivity contribution in [3.63, 3.8) is 0 Å². The van der Waals surface area contributed by atoms with E-state index < -0.39 is 10.9 Å². The predicted octanol–water partition coefficient (Wildman–Crippen LogP) is 3.78. The molecule has 2 aromatic rings. The van der Waals surface area contributed by atoms with E-state index in [0.717, 1.165) is 0 Å². The van der Waals surface area contributed by atoms with Gasteiger partial charge in [-0.15, -0.1) is 10.2 Å². The zero-order valence-electron chi connectivity index (χ0n) is 10.6. The largest absolute Gasteiger partial charge is 0.441 e. The van der Waals surface area contributed by atoms with Crippen molar-refractivity contribution < 1.29 is 8.39 Å². The van der Waals surface area contributed by atoms with E-state index in [1.54, 1.807) is 6.92 Å². The third-order valence-corrected chi connectivity index (χ3v) is 4.78. The van der Waals surface area contributed by atoms with E-state index >= 15 is 0 Å². The standard InChI is InChI=1S/C8H9N6O2S4/c1-4-5(18-8(9-4)14-20(15)16-2)11-12-6-10-7(17-3)13-19-6/h1-3H3/q-1. The van der Waals surface area contributed by atoms with Crippen LogP contribution in [0.4, 0.5) is 15.3 Å². The van der Waals surface area contributed by atoms with Crippen molar-refractivity contribution in [2.45, 2.75) is 12.1 Å². The van der Waals surface area contributed by atoms with Gasteiger partial charge in [0.2, 0.25) is 10.3 Å². The average Bonchev–Trinajstić information content (AvgIpc) is 3.03. The number of hydrogen-bond donors (Lipinski definition) is 0. The highest BCUT2D eigenvalue weighted by molar-refractivity contribution is 7.98. The van der Waals surface area contributed by atoms with Gasteiger partial charge in [-0.3, -0.25) is 0 Å². The summed E-state index contributed by atoms with van der Waals surface area (Å²) in [7, 11) is -0.428. The maximum absolute atomic E-state index is 11.1. The number of rotatable bonds is 5. The van der Waals surface area contributed by atoms with Crippen LogP contribution in [-0.4, -0.2) is 27.7 Å². The highest BCUT2D eigenvalue weighted by atomic mass is 32.2. The van der Waals surface area contributed by atoms with Crippen molar-refractivity contribution in [3.05, 3.63) is 5.69 Å². The lowest BCUT2D eigenvalue weighted by atomic mass is 10.5. The summed E-state index contributed by atoms with van der Waals surface area (Å²) >= 11 is 3.79. The second-order valence-corrected chi connectivity index (χ2v) is 6.54. The Morgan fingerprint density at radius 1 is 1.30 bits per heavy atom. The van der Waals surface area contributed by atoms with Gasteiger partial charge in [-0.1, -0.05) is 34.0 Å². The molecule has 0 unspecified atom stereocenters. The fourth-order valence-corrected chi connectivity index (χ4v) is 3.28.